The van der Waals surface area contributed by atoms with Gasteiger partial charge in [-0.15, -0.1) is 0 Å². The first-order chi connectivity index (χ1) is 18.1. The third-order valence-corrected chi connectivity index (χ3v) is 7.08. The van der Waals surface area contributed by atoms with Crippen LogP contribution in [-0.4, -0.2) is 43.7 Å². The third kappa shape index (κ3) is 7.51. The third-order valence-electron chi connectivity index (χ3n) is 6.79. The highest BCUT2D eigenvalue weighted by Crippen LogP contribution is 2.35. The minimum absolute atomic E-state index is 0.0122. The fraction of sp³-hybridized carbons (Fsp3) is 0.464. The van der Waals surface area contributed by atoms with E-state index in [1.165, 1.54) is 32.9 Å². The molecule has 0 aliphatic carbocycles. The number of benzene rings is 1. The molecule has 0 radical (unpaired) electrons. The number of carboxylic acids is 1. The molecular formula is C28H35ClF3N5O2. The van der Waals surface area contributed by atoms with Crippen molar-refractivity contribution in [3.05, 3.63) is 69.5 Å². The molecule has 1 atom stereocenters. The number of aliphatic carboxylic acids is 1. The smallest absolute Gasteiger partial charge is 0.309 e. The van der Waals surface area contributed by atoms with E-state index in [9.17, 15) is 14.3 Å². The van der Waals surface area contributed by atoms with E-state index < -0.39 is 28.7 Å². The summed E-state index contributed by atoms with van der Waals surface area (Å²) in [5, 5.41) is 20.0. The van der Waals surface area contributed by atoms with Crippen LogP contribution in [0, 0.1) is 24.0 Å². The number of rotatable bonds is 12. The van der Waals surface area contributed by atoms with E-state index in [0.717, 1.165) is 5.69 Å². The van der Waals surface area contributed by atoms with Gasteiger partial charge in [0.1, 0.15) is 17.3 Å². The molecule has 0 aliphatic rings. The Morgan fingerprint density at radius 3 is 2.44 bits per heavy atom. The fourth-order valence-corrected chi connectivity index (χ4v) is 4.44. The van der Waals surface area contributed by atoms with E-state index in [2.05, 4.69) is 20.5 Å². The first kappa shape index (κ1) is 30.4. The van der Waals surface area contributed by atoms with Gasteiger partial charge in [0.05, 0.1) is 16.1 Å². The Morgan fingerprint density at radius 1 is 1.18 bits per heavy atom. The van der Waals surface area contributed by atoms with Gasteiger partial charge in [-0.05, 0) is 66.6 Å². The number of aromatic nitrogens is 3. The zero-order valence-corrected chi connectivity index (χ0v) is 23.8. The van der Waals surface area contributed by atoms with Crippen molar-refractivity contribution < 1.29 is 23.1 Å². The molecule has 2 heterocycles. The van der Waals surface area contributed by atoms with Gasteiger partial charge < -0.3 is 10.4 Å². The van der Waals surface area contributed by atoms with E-state index in [-0.39, 0.29) is 54.1 Å². The van der Waals surface area contributed by atoms with Crippen LogP contribution in [0.15, 0.2) is 30.3 Å². The summed E-state index contributed by atoms with van der Waals surface area (Å²) in [6, 6.07) is 7.68. The second-order valence-corrected chi connectivity index (χ2v) is 11.3. The normalized spacial score (nSPS) is 13.6. The van der Waals surface area contributed by atoms with Crippen molar-refractivity contribution in [1.29, 1.82) is 0 Å². The predicted molar refractivity (Wildman–Crippen MR) is 146 cm³/mol. The minimum atomic E-state index is -2.05. The molecule has 39 heavy (non-hydrogen) atoms. The van der Waals surface area contributed by atoms with Crippen LogP contribution in [0.1, 0.15) is 63.6 Å². The zero-order valence-electron chi connectivity index (χ0n) is 23.0. The van der Waals surface area contributed by atoms with Gasteiger partial charge in [0, 0.05) is 41.9 Å². The highest BCUT2D eigenvalue weighted by Gasteiger charge is 2.37. The number of carboxylic acid groups (broad SMARTS) is 1. The second-order valence-electron chi connectivity index (χ2n) is 10.9. The number of H-pyrrole nitrogens is 1. The summed E-state index contributed by atoms with van der Waals surface area (Å²) in [6.07, 6.45) is -0.182. The highest BCUT2D eigenvalue weighted by molar-refractivity contribution is 6.30. The molecule has 1 aromatic carbocycles. The Hall–Kier alpha value is -3.11. The molecule has 1 unspecified atom stereocenters. The van der Waals surface area contributed by atoms with Crippen LogP contribution in [0.4, 0.5) is 24.8 Å². The molecule has 0 saturated heterocycles. The predicted octanol–water partition coefficient (Wildman–Crippen LogP) is 6.93. The molecular weight excluding hydrogens is 531 g/mol. The van der Waals surface area contributed by atoms with Crippen molar-refractivity contribution in [3.63, 3.8) is 0 Å². The van der Waals surface area contributed by atoms with Gasteiger partial charge in [-0.1, -0.05) is 23.7 Å². The highest BCUT2D eigenvalue weighted by atomic mass is 35.5. The monoisotopic (exact) mass is 565 g/mol. The Kier molecular flexibility index (Phi) is 9.33. The first-order valence-electron chi connectivity index (χ1n) is 12.7. The number of nitrogens with zero attached hydrogens (tertiary/aromatic N) is 3. The number of halogens is 4. The molecule has 7 nitrogen and oxygen atoms in total. The average molecular weight is 566 g/mol. The molecule has 0 bridgehead atoms. The van der Waals surface area contributed by atoms with E-state index in [4.69, 9.17) is 11.6 Å². The number of pyridine rings is 1. The van der Waals surface area contributed by atoms with Crippen LogP contribution in [0.5, 0.6) is 0 Å². The standard InChI is InChI=1S/C28H35ClF3N5O2/c1-16(2)37(15-18-8-7-9-20(29)24(18)30)11-10-28(6,26(38)39)14-21-25(31)19(27(4,5)32)13-22(33-21)34-23-12-17(3)35-36-23/h7-9,12-13,16H,10-11,14-15H2,1-6H3,(H,38,39)(H2,33,34,35,36). The van der Waals surface area contributed by atoms with E-state index >= 15 is 8.78 Å². The van der Waals surface area contributed by atoms with Gasteiger partial charge >= 0.3 is 5.97 Å². The summed E-state index contributed by atoms with van der Waals surface area (Å²) in [5.74, 6) is -2.01. The quantitative estimate of drug-likeness (QED) is 0.220. The van der Waals surface area contributed by atoms with Crippen LogP contribution >= 0.6 is 11.6 Å². The van der Waals surface area contributed by atoms with Crippen LogP contribution in [0.25, 0.3) is 0 Å². The van der Waals surface area contributed by atoms with Gasteiger partial charge in [-0.2, -0.15) is 5.10 Å². The second kappa shape index (κ2) is 12.0. The van der Waals surface area contributed by atoms with Crippen molar-refractivity contribution in [2.24, 2.45) is 5.41 Å². The molecule has 3 aromatic rings. The number of anilines is 2. The lowest BCUT2D eigenvalue weighted by molar-refractivity contribution is -0.148. The number of hydrogen-bond donors (Lipinski definition) is 3. The maximum Gasteiger partial charge on any atom is 0.309 e. The van der Waals surface area contributed by atoms with Gasteiger partial charge in [-0.3, -0.25) is 14.8 Å². The maximum atomic E-state index is 15.6. The SMILES string of the molecule is Cc1cc(Nc2cc(C(C)(C)F)c(F)c(CC(C)(CCN(Cc3cccc(Cl)c3F)C(C)C)C(=O)O)n2)n[nH]1. The topological polar surface area (TPSA) is 94.1 Å². The van der Waals surface area contributed by atoms with E-state index in [1.807, 2.05) is 18.7 Å². The molecule has 3 N–H and O–H groups in total. The van der Waals surface area contributed by atoms with Gasteiger partial charge in [0.25, 0.3) is 0 Å². The number of alkyl halides is 1. The molecule has 0 amide bonds. The lowest BCUT2D eigenvalue weighted by Gasteiger charge is -2.32. The van der Waals surface area contributed by atoms with Crippen molar-refractivity contribution in [3.8, 4) is 0 Å². The fourth-order valence-electron chi connectivity index (χ4n) is 4.25. The number of hydrogen-bond acceptors (Lipinski definition) is 5. The number of carbonyl (C=O) groups is 1. The number of nitrogens with one attached hydrogen (secondary N) is 2. The van der Waals surface area contributed by atoms with Crippen molar-refractivity contribution in [2.45, 2.75) is 72.6 Å². The largest absolute Gasteiger partial charge is 0.481 e. The Morgan fingerprint density at radius 2 is 1.87 bits per heavy atom. The molecule has 0 fully saturated rings. The van der Waals surface area contributed by atoms with Crippen molar-refractivity contribution in [1.82, 2.24) is 20.1 Å². The van der Waals surface area contributed by atoms with E-state index in [1.54, 1.807) is 25.1 Å². The molecule has 2 aromatic heterocycles. The minimum Gasteiger partial charge on any atom is -0.481 e. The Labute approximate surface area is 231 Å². The Balaban J connectivity index is 1.91. The lowest BCUT2D eigenvalue weighted by Crippen LogP contribution is -2.38. The van der Waals surface area contributed by atoms with Crippen molar-refractivity contribution >= 4 is 29.2 Å². The zero-order chi connectivity index (χ0) is 29.1. The number of aromatic amines is 1. The van der Waals surface area contributed by atoms with Crippen LogP contribution in [0.2, 0.25) is 5.02 Å². The lowest BCUT2D eigenvalue weighted by atomic mass is 9.81. The molecule has 0 aliphatic heterocycles. The first-order valence-corrected chi connectivity index (χ1v) is 13.1. The summed E-state index contributed by atoms with van der Waals surface area (Å²) in [4.78, 5) is 18.7. The van der Waals surface area contributed by atoms with E-state index in [0.29, 0.717) is 11.4 Å². The van der Waals surface area contributed by atoms with Gasteiger partial charge in [0.15, 0.2) is 11.6 Å². The van der Waals surface area contributed by atoms with Gasteiger partial charge in [0.2, 0.25) is 0 Å². The molecule has 0 saturated carbocycles. The summed E-state index contributed by atoms with van der Waals surface area (Å²) in [5.41, 5.74) is -2.74. The summed E-state index contributed by atoms with van der Waals surface area (Å²) >= 11 is 5.93. The molecule has 0 spiro atoms. The molecule has 11 heteroatoms. The average Bonchev–Trinajstić information content (AvgIpc) is 3.24. The van der Waals surface area contributed by atoms with Crippen LogP contribution < -0.4 is 5.32 Å². The molecule has 3 rings (SSSR count). The van der Waals surface area contributed by atoms with Crippen LogP contribution in [0.3, 0.4) is 0 Å². The number of aryl methyl sites for hydroxylation is 1. The maximum absolute atomic E-state index is 15.6. The van der Waals surface area contributed by atoms with Crippen LogP contribution in [-0.2, 0) is 23.4 Å². The van der Waals surface area contributed by atoms with Gasteiger partial charge in [-0.25, -0.2) is 18.2 Å². The van der Waals surface area contributed by atoms with Crippen molar-refractivity contribution in [2.75, 3.05) is 11.9 Å². The molecule has 212 valence electrons. The summed E-state index contributed by atoms with van der Waals surface area (Å²) in [6.45, 7) is 10.1. The summed E-state index contributed by atoms with van der Waals surface area (Å²) < 4.78 is 45.1. The Bertz CT molecular complexity index is 1330. The summed E-state index contributed by atoms with van der Waals surface area (Å²) in [7, 11) is 0.